The lowest BCUT2D eigenvalue weighted by Gasteiger charge is -2.40. The number of fused-ring (bicyclic) bond motifs is 1. The number of carbonyl (C=O) groups is 1. The fourth-order valence-electron chi connectivity index (χ4n) is 4.36. The highest BCUT2D eigenvalue weighted by molar-refractivity contribution is 5.98. The minimum Gasteiger partial charge on any atom is -0.378 e. The summed E-state index contributed by atoms with van der Waals surface area (Å²) in [4.78, 5) is 20.7. The number of hydrogen-bond donors (Lipinski definition) is 2. The number of pyridine rings is 2. The SMILES string of the molecule is COC1(c2cccc(-c3cn(C4(C)COC4)c4cnc(NC(N)=O)cc34)n2)CCOC1. The molecule has 2 saturated heterocycles. The summed E-state index contributed by atoms with van der Waals surface area (Å²) in [6, 6.07) is 7.11. The summed E-state index contributed by atoms with van der Waals surface area (Å²) >= 11 is 0. The number of rotatable bonds is 5. The van der Waals surface area contributed by atoms with Crippen LogP contribution in [0.25, 0.3) is 22.2 Å². The average molecular weight is 423 g/mol. The molecule has 9 heteroatoms. The van der Waals surface area contributed by atoms with Crippen molar-refractivity contribution in [1.82, 2.24) is 14.5 Å². The Morgan fingerprint density at radius 3 is 2.77 bits per heavy atom. The van der Waals surface area contributed by atoms with Crippen LogP contribution in [0.15, 0.2) is 36.7 Å². The van der Waals surface area contributed by atoms with Gasteiger partial charge in [0, 0.05) is 37.3 Å². The van der Waals surface area contributed by atoms with E-state index in [1.54, 1.807) is 13.3 Å². The van der Waals surface area contributed by atoms with Crippen LogP contribution in [0.1, 0.15) is 19.0 Å². The molecule has 0 saturated carbocycles. The minimum atomic E-state index is -0.657. The average Bonchev–Trinajstić information content (AvgIpc) is 3.37. The fraction of sp³-hybridized carbons (Fsp3) is 0.409. The summed E-state index contributed by atoms with van der Waals surface area (Å²) in [5.74, 6) is 0.391. The molecule has 5 rings (SSSR count). The number of hydrogen-bond acceptors (Lipinski definition) is 6. The summed E-state index contributed by atoms with van der Waals surface area (Å²) in [6.07, 6.45) is 4.59. The van der Waals surface area contributed by atoms with Crippen LogP contribution >= 0.6 is 0 Å². The number of carbonyl (C=O) groups excluding carboxylic acids is 1. The van der Waals surface area contributed by atoms with E-state index in [1.807, 2.05) is 24.3 Å². The number of methoxy groups -OCH3 is 1. The van der Waals surface area contributed by atoms with Crippen molar-refractivity contribution in [3.8, 4) is 11.3 Å². The fourth-order valence-corrected chi connectivity index (χ4v) is 4.36. The number of nitrogens with one attached hydrogen (secondary N) is 1. The lowest BCUT2D eigenvalue weighted by atomic mass is 9.97. The summed E-state index contributed by atoms with van der Waals surface area (Å²) < 4.78 is 19.1. The molecule has 0 aliphatic carbocycles. The van der Waals surface area contributed by atoms with Gasteiger partial charge in [0.15, 0.2) is 0 Å². The molecule has 9 nitrogen and oxygen atoms in total. The molecule has 2 amide bonds. The van der Waals surface area contributed by atoms with Crippen molar-refractivity contribution >= 4 is 22.8 Å². The van der Waals surface area contributed by atoms with Gasteiger partial charge in [-0.05, 0) is 25.1 Å². The molecular formula is C22H25N5O4. The molecule has 0 aromatic carbocycles. The van der Waals surface area contributed by atoms with Gasteiger partial charge in [0.05, 0.1) is 48.5 Å². The smallest absolute Gasteiger partial charge is 0.317 e. The molecule has 1 unspecified atom stereocenters. The highest BCUT2D eigenvalue weighted by Crippen LogP contribution is 2.39. The molecular weight excluding hydrogens is 398 g/mol. The number of aromatic nitrogens is 3. The first-order valence-electron chi connectivity index (χ1n) is 10.2. The van der Waals surface area contributed by atoms with Crippen molar-refractivity contribution in [3.05, 3.63) is 42.4 Å². The van der Waals surface area contributed by atoms with Crippen LogP contribution in [0.5, 0.6) is 0 Å². The lowest BCUT2D eigenvalue weighted by Crippen LogP contribution is -2.48. The first-order chi connectivity index (χ1) is 14.9. The molecule has 3 aromatic rings. The van der Waals surface area contributed by atoms with Crippen LogP contribution in [0.4, 0.5) is 10.6 Å². The maximum Gasteiger partial charge on any atom is 0.317 e. The first kappa shape index (κ1) is 19.9. The van der Waals surface area contributed by atoms with E-state index in [0.29, 0.717) is 32.2 Å². The van der Waals surface area contributed by atoms with E-state index in [4.69, 9.17) is 24.9 Å². The predicted octanol–water partition coefficient (Wildman–Crippen LogP) is 2.60. The van der Waals surface area contributed by atoms with Gasteiger partial charge in [-0.25, -0.2) is 14.8 Å². The van der Waals surface area contributed by atoms with Gasteiger partial charge in [0.25, 0.3) is 0 Å². The van der Waals surface area contributed by atoms with Crippen LogP contribution < -0.4 is 11.1 Å². The molecule has 0 spiro atoms. The Morgan fingerprint density at radius 1 is 1.29 bits per heavy atom. The van der Waals surface area contributed by atoms with E-state index >= 15 is 0 Å². The number of urea groups is 1. The Labute approximate surface area is 179 Å². The normalized spacial score (nSPS) is 22.4. The van der Waals surface area contributed by atoms with Crippen molar-refractivity contribution < 1.29 is 19.0 Å². The van der Waals surface area contributed by atoms with Gasteiger partial charge in [0.1, 0.15) is 11.4 Å². The van der Waals surface area contributed by atoms with E-state index < -0.39 is 11.6 Å². The van der Waals surface area contributed by atoms with Gasteiger partial charge in [0.2, 0.25) is 0 Å². The Hall–Kier alpha value is -3.01. The van der Waals surface area contributed by atoms with Crippen molar-refractivity contribution in [1.29, 1.82) is 0 Å². The second-order valence-corrected chi connectivity index (χ2v) is 8.39. The standard InChI is InChI=1S/C22H25N5O4/c1-21(11-31-12-21)27-10-15(14-8-19(26-20(23)28)24-9-17(14)27)16-4-3-5-18(25-16)22(29-2)6-7-30-13-22/h3-5,8-10H,6-7,11-13H2,1-2H3,(H3,23,24,26,28). The molecule has 0 radical (unpaired) electrons. The highest BCUT2D eigenvalue weighted by Gasteiger charge is 2.39. The first-order valence-corrected chi connectivity index (χ1v) is 10.2. The molecule has 0 bridgehead atoms. The summed E-state index contributed by atoms with van der Waals surface area (Å²) in [5.41, 5.74) is 8.11. The number of nitrogens with two attached hydrogens (primary N) is 1. The summed E-state index contributed by atoms with van der Waals surface area (Å²) in [5, 5.41) is 3.48. The number of ether oxygens (including phenoxy) is 3. The van der Waals surface area contributed by atoms with Gasteiger partial charge in [-0.2, -0.15) is 0 Å². The van der Waals surface area contributed by atoms with Gasteiger partial charge in [-0.3, -0.25) is 5.32 Å². The Morgan fingerprint density at radius 2 is 2.13 bits per heavy atom. The van der Waals surface area contributed by atoms with E-state index in [0.717, 1.165) is 34.3 Å². The summed E-state index contributed by atoms with van der Waals surface area (Å²) in [6.45, 7) is 4.51. The molecule has 5 heterocycles. The maximum atomic E-state index is 11.4. The molecule has 162 valence electrons. The van der Waals surface area contributed by atoms with Gasteiger partial charge in [-0.15, -0.1) is 0 Å². The second kappa shape index (κ2) is 7.30. The largest absolute Gasteiger partial charge is 0.378 e. The van der Waals surface area contributed by atoms with Crippen LogP contribution in [-0.4, -0.2) is 54.1 Å². The Balaban J connectivity index is 1.67. The van der Waals surface area contributed by atoms with Crippen molar-refractivity contribution in [2.24, 2.45) is 5.73 Å². The third-order valence-corrected chi connectivity index (χ3v) is 6.22. The minimum absolute atomic E-state index is 0.165. The maximum absolute atomic E-state index is 11.4. The van der Waals surface area contributed by atoms with E-state index in [9.17, 15) is 4.79 Å². The Kier molecular flexibility index (Phi) is 4.69. The third-order valence-electron chi connectivity index (χ3n) is 6.22. The van der Waals surface area contributed by atoms with Crippen LogP contribution in [0, 0.1) is 0 Å². The van der Waals surface area contributed by atoms with Crippen molar-refractivity contribution in [2.75, 3.05) is 38.9 Å². The van der Waals surface area contributed by atoms with E-state index in [2.05, 4.69) is 28.0 Å². The number of nitrogens with zero attached hydrogens (tertiary/aromatic N) is 3. The second-order valence-electron chi connectivity index (χ2n) is 8.39. The zero-order valence-corrected chi connectivity index (χ0v) is 17.6. The molecule has 2 aliphatic rings. The topological polar surface area (TPSA) is 114 Å². The molecule has 31 heavy (non-hydrogen) atoms. The quantitative estimate of drug-likeness (QED) is 0.652. The molecule has 2 fully saturated rings. The van der Waals surface area contributed by atoms with Crippen LogP contribution in [0.2, 0.25) is 0 Å². The van der Waals surface area contributed by atoms with Crippen LogP contribution in [0.3, 0.4) is 0 Å². The number of amides is 2. The van der Waals surface area contributed by atoms with E-state index in [1.165, 1.54) is 0 Å². The van der Waals surface area contributed by atoms with Crippen LogP contribution in [-0.2, 0) is 25.4 Å². The van der Waals surface area contributed by atoms with E-state index in [-0.39, 0.29) is 5.54 Å². The lowest BCUT2D eigenvalue weighted by molar-refractivity contribution is -0.0874. The Bertz CT molecular complexity index is 1150. The zero-order valence-electron chi connectivity index (χ0n) is 17.6. The molecule has 3 N–H and O–H groups in total. The third kappa shape index (κ3) is 3.25. The van der Waals surface area contributed by atoms with Crippen molar-refractivity contribution in [3.63, 3.8) is 0 Å². The number of primary amides is 1. The molecule has 1 atom stereocenters. The molecule has 2 aliphatic heterocycles. The number of anilines is 1. The zero-order chi connectivity index (χ0) is 21.6. The predicted molar refractivity (Wildman–Crippen MR) is 115 cm³/mol. The van der Waals surface area contributed by atoms with Gasteiger partial charge in [-0.1, -0.05) is 6.07 Å². The highest BCUT2D eigenvalue weighted by atomic mass is 16.5. The van der Waals surface area contributed by atoms with Gasteiger partial charge < -0.3 is 24.5 Å². The molecule has 3 aromatic heterocycles. The van der Waals surface area contributed by atoms with Gasteiger partial charge >= 0.3 is 6.03 Å². The monoisotopic (exact) mass is 423 g/mol. The summed E-state index contributed by atoms with van der Waals surface area (Å²) in [7, 11) is 1.69. The van der Waals surface area contributed by atoms with Crippen molar-refractivity contribution in [2.45, 2.75) is 24.5 Å².